The molecule has 246 valence electrons. The molecule has 0 bridgehead atoms. The molecular formula is C39H61NO4. The molecule has 0 saturated heterocycles. The van der Waals surface area contributed by atoms with Crippen LogP contribution in [-0.4, -0.2) is 16.0 Å². The first-order chi connectivity index (χ1) is 21.5. The number of nitrogens with zero attached hydrogens (tertiary/aromatic N) is 1. The van der Waals surface area contributed by atoms with Gasteiger partial charge in [0.2, 0.25) is 0 Å². The van der Waals surface area contributed by atoms with Crippen LogP contribution in [-0.2, 0) is 6.42 Å². The van der Waals surface area contributed by atoms with Crippen LogP contribution in [0.25, 0.3) is 11.1 Å². The highest BCUT2D eigenvalue weighted by Gasteiger charge is 2.15. The SMILES string of the molecule is CCCCCCCCCCCCCCCCCCCCCCCCCCc1ccc(-c2ccc(C(=O)O)cc2)cc1[N+](=O)[O-]. The molecule has 44 heavy (non-hydrogen) atoms. The summed E-state index contributed by atoms with van der Waals surface area (Å²) >= 11 is 0. The van der Waals surface area contributed by atoms with Gasteiger partial charge < -0.3 is 5.11 Å². The highest BCUT2D eigenvalue weighted by Crippen LogP contribution is 2.29. The quantitative estimate of drug-likeness (QED) is 0.0592. The van der Waals surface area contributed by atoms with Gasteiger partial charge in [0.05, 0.1) is 10.5 Å². The van der Waals surface area contributed by atoms with E-state index in [2.05, 4.69) is 6.92 Å². The van der Waals surface area contributed by atoms with Gasteiger partial charge in [0.1, 0.15) is 0 Å². The lowest BCUT2D eigenvalue weighted by atomic mass is 9.98. The molecule has 0 unspecified atom stereocenters. The van der Waals surface area contributed by atoms with E-state index in [-0.39, 0.29) is 16.2 Å². The van der Waals surface area contributed by atoms with E-state index in [0.29, 0.717) is 6.42 Å². The molecule has 0 atom stereocenters. The Morgan fingerprint density at radius 1 is 0.568 bits per heavy atom. The number of aryl methyl sites for hydroxylation is 1. The topological polar surface area (TPSA) is 80.4 Å². The lowest BCUT2D eigenvalue weighted by Gasteiger charge is -2.07. The molecule has 0 fully saturated rings. The highest BCUT2D eigenvalue weighted by atomic mass is 16.6. The van der Waals surface area contributed by atoms with Crippen molar-refractivity contribution in [3.05, 3.63) is 63.7 Å². The van der Waals surface area contributed by atoms with Crippen LogP contribution in [0.2, 0.25) is 0 Å². The number of carboxylic acid groups (broad SMARTS) is 1. The zero-order chi connectivity index (χ0) is 31.7. The van der Waals surface area contributed by atoms with Crippen LogP contribution in [0, 0.1) is 10.1 Å². The summed E-state index contributed by atoms with van der Waals surface area (Å²) in [6.45, 7) is 2.29. The zero-order valence-corrected chi connectivity index (χ0v) is 27.8. The first-order valence-corrected chi connectivity index (χ1v) is 18.1. The molecular weight excluding hydrogens is 546 g/mol. The summed E-state index contributed by atoms with van der Waals surface area (Å²) < 4.78 is 0. The minimum atomic E-state index is -0.983. The third-order valence-corrected chi connectivity index (χ3v) is 9.05. The van der Waals surface area contributed by atoms with Gasteiger partial charge in [0.15, 0.2) is 0 Å². The average Bonchev–Trinajstić information content (AvgIpc) is 3.03. The van der Waals surface area contributed by atoms with Gasteiger partial charge in [-0.25, -0.2) is 4.79 Å². The van der Waals surface area contributed by atoms with Crippen LogP contribution in [0.1, 0.15) is 177 Å². The van der Waals surface area contributed by atoms with Crippen molar-refractivity contribution in [2.24, 2.45) is 0 Å². The van der Waals surface area contributed by atoms with Crippen molar-refractivity contribution >= 4 is 11.7 Å². The lowest BCUT2D eigenvalue weighted by molar-refractivity contribution is -0.385. The summed E-state index contributed by atoms with van der Waals surface area (Å²) in [7, 11) is 0. The molecule has 0 heterocycles. The summed E-state index contributed by atoms with van der Waals surface area (Å²) in [5.74, 6) is -0.983. The first-order valence-electron chi connectivity index (χ1n) is 18.1. The normalized spacial score (nSPS) is 11.2. The van der Waals surface area contributed by atoms with Gasteiger partial charge >= 0.3 is 5.97 Å². The maximum Gasteiger partial charge on any atom is 0.335 e. The molecule has 5 heteroatoms. The summed E-state index contributed by atoms with van der Waals surface area (Å²) in [6.07, 6.45) is 33.4. The summed E-state index contributed by atoms with van der Waals surface area (Å²) in [5.41, 5.74) is 2.64. The predicted molar refractivity (Wildman–Crippen MR) is 186 cm³/mol. The van der Waals surface area contributed by atoms with Crippen molar-refractivity contribution in [1.82, 2.24) is 0 Å². The van der Waals surface area contributed by atoms with Gasteiger partial charge in [-0.15, -0.1) is 0 Å². The van der Waals surface area contributed by atoms with E-state index in [1.54, 1.807) is 18.2 Å². The highest BCUT2D eigenvalue weighted by molar-refractivity contribution is 5.88. The van der Waals surface area contributed by atoms with Crippen LogP contribution in [0.15, 0.2) is 42.5 Å². The molecule has 0 radical (unpaired) electrons. The number of unbranched alkanes of at least 4 members (excludes halogenated alkanes) is 23. The maximum atomic E-state index is 11.7. The smallest absolute Gasteiger partial charge is 0.335 e. The zero-order valence-electron chi connectivity index (χ0n) is 27.8. The van der Waals surface area contributed by atoms with Crippen molar-refractivity contribution in [1.29, 1.82) is 0 Å². The van der Waals surface area contributed by atoms with E-state index < -0.39 is 5.97 Å². The minimum Gasteiger partial charge on any atom is -0.478 e. The van der Waals surface area contributed by atoms with Crippen molar-refractivity contribution in [3.63, 3.8) is 0 Å². The Labute approximate surface area is 268 Å². The molecule has 0 saturated carbocycles. The standard InChI is InChI=1S/C39H61NO4/c1-2-3-4-5-6-7-8-9-10-11-12-13-14-15-16-17-18-19-20-21-22-23-24-25-26-35-29-32-37(33-38(35)40(43)44)34-27-30-36(31-28-34)39(41)42/h27-33H,2-26H2,1H3,(H,41,42). The molecule has 0 spiro atoms. The van der Waals surface area contributed by atoms with Crippen LogP contribution in [0.5, 0.6) is 0 Å². The van der Waals surface area contributed by atoms with Gasteiger partial charge in [-0.2, -0.15) is 0 Å². The Kier molecular flexibility index (Phi) is 21.0. The van der Waals surface area contributed by atoms with Crippen LogP contribution < -0.4 is 0 Å². The summed E-state index contributed by atoms with van der Waals surface area (Å²) in [6, 6.07) is 11.8. The predicted octanol–water partition coefficient (Wildman–Crippen LogP) is 12.9. The molecule has 0 aromatic heterocycles. The third kappa shape index (κ3) is 17.0. The number of aromatic carboxylic acids is 1. The number of carbonyl (C=O) groups is 1. The molecule has 0 aliphatic rings. The van der Waals surface area contributed by atoms with Gasteiger partial charge in [0.25, 0.3) is 5.69 Å². The molecule has 2 aromatic carbocycles. The number of hydrogen-bond donors (Lipinski definition) is 1. The second-order valence-electron chi connectivity index (χ2n) is 12.9. The van der Waals surface area contributed by atoms with Gasteiger partial charge in [-0.1, -0.05) is 179 Å². The second-order valence-corrected chi connectivity index (χ2v) is 12.9. The van der Waals surface area contributed by atoms with E-state index in [1.807, 2.05) is 12.1 Å². The van der Waals surface area contributed by atoms with E-state index in [0.717, 1.165) is 29.5 Å². The fraction of sp³-hybridized carbons (Fsp3) is 0.667. The monoisotopic (exact) mass is 607 g/mol. The number of rotatable bonds is 28. The van der Waals surface area contributed by atoms with E-state index in [4.69, 9.17) is 5.11 Å². The lowest BCUT2D eigenvalue weighted by Crippen LogP contribution is -1.97. The number of carboxylic acids is 1. The second kappa shape index (κ2) is 24.6. The molecule has 2 aromatic rings. The molecule has 1 N–H and O–H groups in total. The molecule has 0 aliphatic carbocycles. The Bertz CT molecular complexity index is 1030. The van der Waals surface area contributed by atoms with Crippen molar-refractivity contribution < 1.29 is 14.8 Å². The minimum absolute atomic E-state index is 0.152. The van der Waals surface area contributed by atoms with Crippen molar-refractivity contribution in [3.8, 4) is 11.1 Å². The Morgan fingerprint density at radius 3 is 1.30 bits per heavy atom. The fourth-order valence-corrected chi connectivity index (χ4v) is 6.21. The fourth-order valence-electron chi connectivity index (χ4n) is 6.21. The molecule has 2 rings (SSSR count). The van der Waals surface area contributed by atoms with E-state index >= 15 is 0 Å². The Balaban J connectivity index is 1.41. The largest absolute Gasteiger partial charge is 0.478 e. The average molecular weight is 608 g/mol. The summed E-state index contributed by atoms with van der Waals surface area (Å²) in [5, 5.41) is 20.8. The van der Waals surface area contributed by atoms with Crippen molar-refractivity contribution in [2.45, 2.75) is 167 Å². The first kappa shape index (κ1) is 37.5. The van der Waals surface area contributed by atoms with Crippen LogP contribution in [0.3, 0.4) is 0 Å². The summed E-state index contributed by atoms with van der Waals surface area (Å²) in [4.78, 5) is 22.5. The Morgan fingerprint density at radius 2 is 0.932 bits per heavy atom. The van der Waals surface area contributed by atoms with Crippen LogP contribution >= 0.6 is 0 Å². The number of benzene rings is 2. The molecule has 0 aliphatic heterocycles. The van der Waals surface area contributed by atoms with Gasteiger partial charge in [-0.3, -0.25) is 10.1 Å². The van der Waals surface area contributed by atoms with E-state index in [9.17, 15) is 14.9 Å². The number of nitro groups is 1. The van der Waals surface area contributed by atoms with Crippen LogP contribution in [0.4, 0.5) is 5.69 Å². The maximum absolute atomic E-state index is 11.7. The number of hydrogen-bond acceptors (Lipinski definition) is 3. The van der Waals surface area contributed by atoms with Gasteiger partial charge in [-0.05, 0) is 36.1 Å². The van der Waals surface area contributed by atoms with Crippen molar-refractivity contribution in [2.75, 3.05) is 0 Å². The van der Waals surface area contributed by atoms with E-state index in [1.165, 1.54) is 153 Å². The van der Waals surface area contributed by atoms with Gasteiger partial charge in [0, 0.05) is 11.6 Å². The molecule has 5 nitrogen and oxygen atoms in total. The molecule has 0 amide bonds. The Hall–Kier alpha value is -2.69. The third-order valence-electron chi connectivity index (χ3n) is 9.05. The number of nitro benzene ring substituents is 1.